The van der Waals surface area contributed by atoms with Crippen LogP contribution in [0.25, 0.3) is 0 Å². The molecule has 2 N–H and O–H groups in total. The summed E-state index contributed by atoms with van der Waals surface area (Å²) in [5, 5.41) is 11.3. The second kappa shape index (κ2) is 8.95. The maximum absolute atomic E-state index is 11.8. The van der Waals surface area contributed by atoms with Crippen LogP contribution in [0.15, 0.2) is 12.7 Å². The van der Waals surface area contributed by atoms with Gasteiger partial charge in [-0.2, -0.15) is 0 Å². The Morgan fingerprint density at radius 3 is 2.25 bits per heavy atom. The highest BCUT2D eigenvalue weighted by molar-refractivity contribution is 5.86. The molecule has 0 heterocycles. The quantitative estimate of drug-likeness (QED) is 0.636. The molecule has 0 spiro atoms. The second-order valence-corrected chi connectivity index (χ2v) is 4.29. The van der Waals surface area contributed by atoms with E-state index in [-0.39, 0.29) is 18.9 Å². The maximum Gasteiger partial charge on any atom is 0.326 e. The summed E-state index contributed by atoms with van der Waals surface area (Å²) in [6.45, 7) is 8.19. The van der Waals surface area contributed by atoms with Crippen molar-refractivity contribution in [3.05, 3.63) is 12.7 Å². The molecule has 7 heteroatoms. The van der Waals surface area contributed by atoms with Crippen molar-refractivity contribution < 1.29 is 19.5 Å². The van der Waals surface area contributed by atoms with E-state index >= 15 is 0 Å². The van der Waals surface area contributed by atoms with Crippen LogP contribution in [-0.2, 0) is 9.59 Å². The van der Waals surface area contributed by atoms with Gasteiger partial charge in [0.05, 0.1) is 0 Å². The summed E-state index contributed by atoms with van der Waals surface area (Å²) in [5.41, 5.74) is 0. The first-order chi connectivity index (χ1) is 9.37. The Labute approximate surface area is 119 Å². The van der Waals surface area contributed by atoms with E-state index in [0.29, 0.717) is 13.1 Å². The molecule has 114 valence electrons. The predicted molar refractivity (Wildman–Crippen MR) is 75.3 cm³/mol. The molecule has 7 nitrogen and oxygen atoms in total. The van der Waals surface area contributed by atoms with E-state index in [2.05, 4.69) is 11.9 Å². The molecule has 0 bridgehead atoms. The summed E-state index contributed by atoms with van der Waals surface area (Å²) in [4.78, 5) is 37.3. The highest BCUT2D eigenvalue weighted by Crippen LogP contribution is 1.97. The standard InChI is InChI=1S/C13H23N3O4/c1-5-8-10(12(18)19)14-13(20)15(4)9-11(17)16(6-2)7-3/h5,10H,1,6-9H2,2-4H3,(H,14,20)(H,18,19). The summed E-state index contributed by atoms with van der Waals surface area (Å²) in [7, 11) is 1.45. The van der Waals surface area contributed by atoms with Gasteiger partial charge in [-0.15, -0.1) is 6.58 Å². The van der Waals surface area contributed by atoms with Gasteiger partial charge in [0, 0.05) is 20.1 Å². The van der Waals surface area contributed by atoms with E-state index in [1.165, 1.54) is 18.0 Å². The fraction of sp³-hybridized carbons (Fsp3) is 0.615. The third kappa shape index (κ3) is 5.73. The fourth-order valence-electron chi connectivity index (χ4n) is 1.60. The fourth-order valence-corrected chi connectivity index (χ4v) is 1.60. The summed E-state index contributed by atoms with van der Waals surface area (Å²) in [5.74, 6) is -1.31. The number of carboxylic acids is 1. The zero-order valence-corrected chi connectivity index (χ0v) is 12.3. The summed E-state index contributed by atoms with van der Waals surface area (Å²) in [6, 6.07) is -1.63. The molecule has 0 aromatic carbocycles. The van der Waals surface area contributed by atoms with Crippen LogP contribution in [-0.4, -0.2) is 65.5 Å². The zero-order chi connectivity index (χ0) is 15.7. The molecular weight excluding hydrogens is 262 g/mol. The normalized spacial score (nSPS) is 11.3. The number of amides is 3. The Hall–Kier alpha value is -2.05. The van der Waals surface area contributed by atoms with Crippen LogP contribution in [0.3, 0.4) is 0 Å². The number of urea groups is 1. The zero-order valence-electron chi connectivity index (χ0n) is 12.3. The number of nitrogens with one attached hydrogen (secondary N) is 1. The average Bonchev–Trinajstić information content (AvgIpc) is 2.39. The summed E-state index contributed by atoms with van der Waals surface area (Å²) < 4.78 is 0. The Morgan fingerprint density at radius 1 is 1.30 bits per heavy atom. The van der Waals surface area contributed by atoms with E-state index in [1.54, 1.807) is 4.90 Å². The third-order valence-electron chi connectivity index (χ3n) is 2.83. The number of carbonyl (C=O) groups is 3. The molecule has 0 rings (SSSR count). The van der Waals surface area contributed by atoms with Crippen molar-refractivity contribution in [2.24, 2.45) is 0 Å². The number of aliphatic carboxylic acids is 1. The van der Waals surface area contributed by atoms with Crippen LogP contribution in [0.2, 0.25) is 0 Å². The van der Waals surface area contributed by atoms with Gasteiger partial charge < -0.3 is 20.2 Å². The molecule has 0 aliphatic heterocycles. The molecule has 0 aromatic rings. The van der Waals surface area contributed by atoms with Crippen molar-refractivity contribution in [3.63, 3.8) is 0 Å². The Bertz CT molecular complexity index is 367. The first kappa shape index (κ1) is 17.9. The molecule has 1 atom stereocenters. The van der Waals surface area contributed by atoms with Gasteiger partial charge in [0.2, 0.25) is 5.91 Å². The largest absolute Gasteiger partial charge is 0.480 e. The minimum absolute atomic E-state index is 0.0893. The maximum atomic E-state index is 11.8. The molecule has 0 fully saturated rings. The van der Waals surface area contributed by atoms with Gasteiger partial charge in [-0.05, 0) is 20.3 Å². The summed E-state index contributed by atoms with van der Waals surface area (Å²) in [6.07, 6.45) is 1.54. The molecule has 1 unspecified atom stereocenters. The lowest BCUT2D eigenvalue weighted by molar-refractivity contribution is -0.139. The topological polar surface area (TPSA) is 90.0 Å². The number of nitrogens with zero attached hydrogens (tertiary/aromatic N) is 2. The third-order valence-corrected chi connectivity index (χ3v) is 2.83. The molecule has 0 saturated carbocycles. The number of carboxylic acid groups (broad SMARTS) is 1. The van der Waals surface area contributed by atoms with Gasteiger partial charge in [0.1, 0.15) is 12.6 Å². The number of carbonyl (C=O) groups excluding carboxylic acids is 2. The van der Waals surface area contributed by atoms with Crippen LogP contribution in [0, 0.1) is 0 Å². The van der Waals surface area contributed by atoms with E-state index in [9.17, 15) is 14.4 Å². The minimum atomic E-state index is -1.14. The Balaban J connectivity index is 4.50. The monoisotopic (exact) mass is 285 g/mol. The SMILES string of the molecule is C=CCC(NC(=O)N(C)CC(=O)N(CC)CC)C(=O)O. The lowest BCUT2D eigenvalue weighted by Crippen LogP contribution is -2.49. The van der Waals surface area contributed by atoms with Crippen molar-refractivity contribution in [1.82, 2.24) is 15.1 Å². The van der Waals surface area contributed by atoms with Crippen LogP contribution in [0.1, 0.15) is 20.3 Å². The van der Waals surface area contributed by atoms with Gasteiger partial charge in [-0.25, -0.2) is 9.59 Å². The number of rotatable bonds is 8. The second-order valence-electron chi connectivity index (χ2n) is 4.29. The average molecular weight is 285 g/mol. The Morgan fingerprint density at radius 2 is 1.85 bits per heavy atom. The van der Waals surface area contributed by atoms with E-state index in [1.807, 2.05) is 13.8 Å². The molecule has 0 saturated heterocycles. The van der Waals surface area contributed by atoms with Crippen LogP contribution >= 0.6 is 0 Å². The molecule has 0 aromatic heterocycles. The summed E-state index contributed by atoms with van der Waals surface area (Å²) >= 11 is 0. The van der Waals surface area contributed by atoms with Gasteiger partial charge in [-0.3, -0.25) is 4.79 Å². The van der Waals surface area contributed by atoms with Gasteiger partial charge in [0.15, 0.2) is 0 Å². The van der Waals surface area contributed by atoms with Crippen LogP contribution in [0.4, 0.5) is 4.79 Å². The molecule has 20 heavy (non-hydrogen) atoms. The number of hydrogen-bond acceptors (Lipinski definition) is 3. The number of likely N-dealkylation sites (N-methyl/N-ethyl adjacent to an activating group) is 2. The van der Waals surface area contributed by atoms with E-state index < -0.39 is 18.0 Å². The number of hydrogen-bond donors (Lipinski definition) is 2. The van der Waals surface area contributed by atoms with Crippen molar-refractivity contribution in [2.45, 2.75) is 26.3 Å². The predicted octanol–water partition coefficient (Wildman–Crippen LogP) is 0.525. The first-order valence-electron chi connectivity index (χ1n) is 6.50. The van der Waals surface area contributed by atoms with Crippen molar-refractivity contribution >= 4 is 17.9 Å². The van der Waals surface area contributed by atoms with Gasteiger partial charge in [-0.1, -0.05) is 6.08 Å². The van der Waals surface area contributed by atoms with E-state index in [0.717, 1.165) is 0 Å². The van der Waals surface area contributed by atoms with Gasteiger partial charge >= 0.3 is 12.0 Å². The minimum Gasteiger partial charge on any atom is -0.480 e. The van der Waals surface area contributed by atoms with Crippen molar-refractivity contribution in [3.8, 4) is 0 Å². The van der Waals surface area contributed by atoms with Crippen molar-refractivity contribution in [2.75, 3.05) is 26.7 Å². The Kier molecular flexibility index (Phi) is 8.03. The van der Waals surface area contributed by atoms with Crippen LogP contribution in [0.5, 0.6) is 0 Å². The van der Waals surface area contributed by atoms with E-state index in [4.69, 9.17) is 5.11 Å². The highest BCUT2D eigenvalue weighted by atomic mass is 16.4. The highest BCUT2D eigenvalue weighted by Gasteiger charge is 2.22. The first-order valence-corrected chi connectivity index (χ1v) is 6.50. The molecule has 0 aliphatic carbocycles. The molecule has 3 amide bonds. The van der Waals surface area contributed by atoms with Crippen LogP contribution < -0.4 is 5.32 Å². The lowest BCUT2D eigenvalue weighted by atomic mass is 10.2. The molecule has 0 aliphatic rings. The molecule has 0 radical (unpaired) electrons. The van der Waals surface area contributed by atoms with Crippen molar-refractivity contribution in [1.29, 1.82) is 0 Å². The molecular formula is C13H23N3O4. The smallest absolute Gasteiger partial charge is 0.326 e. The lowest BCUT2D eigenvalue weighted by Gasteiger charge is -2.24. The van der Waals surface area contributed by atoms with Gasteiger partial charge in [0.25, 0.3) is 0 Å².